The molecule has 1 saturated carbocycles. The number of nitrogens with one attached hydrogen (secondary N) is 2. The molecule has 0 spiro atoms. The maximum absolute atomic E-state index is 12.4. The topological polar surface area (TPSA) is 105 Å². The summed E-state index contributed by atoms with van der Waals surface area (Å²) in [7, 11) is 0. The van der Waals surface area contributed by atoms with Gasteiger partial charge in [0, 0.05) is 24.0 Å². The molecule has 0 atom stereocenters. The van der Waals surface area contributed by atoms with Crippen molar-refractivity contribution in [1.29, 1.82) is 0 Å². The summed E-state index contributed by atoms with van der Waals surface area (Å²) in [5.74, 6) is 1.34. The number of rotatable bonds is 3. The van der Waals surface area contributed by atoms with Crippen molar-refractivity contribution < 1.29 is 4.52 Å². The van der Waals surface area contributed by atoms with Crippen molar-refractivity contribution in [3.05, 3.63) is 41.1 Å². The second kappa shape index (κ2) is 5.44. The van der Waals surface area contributed by atoms with Gasteiger partial charge in [0.15, 0.2) is 5.82 Å². The molecular weight excluding hydrogens is 320 g/mol. The molecule has 5 rings (SSSR count). The van der Waals surface area contributed by atoms with Gasteiger partial charge in [0.25, 0.3) is 5.89 Å². The van der Waals surface area contributed by atoms with Crippen molar-refractivity contribution in [1.82, 2.24) is 29.7 Å². The van der Waals surface area contributed by atoms with Gasteiger partial charge >= 0.3 is 5.69 Å². The smallest absolute Gasteiger partial charge is 0.326 e. The van der Waals surface area contributed by atoms with E-state index in [1.165, 1.54) is 12.8 Å². The summed E-state index contributed by atoms with van der Waals surface area (Å²) in [6.45, 7) is 0. The van der Waals surface area contributed by atoms with Crippen molar-refractivity contribution in [3.8, 4) is 23.1 Å². The second-order valence-corrected chi connectivity index (χ2v) is 6.33. The molecule has 25 heavy (non-hydrogen) atoms. The SMILES string of the molecule is O=c1[nH]c2cc(-c3nc(-c4ncc[nH]4)no3)ccc2n1C1CCCC1. The lowest BCUT2D eigenvalue weighted by molar-refractivity contribution is 0.432. The summed E-state index contributed by atoms with van der Waals surface area (Å²) in [6, 6.07) is 6.01. The maximum atomic E-state index is 12.4. The van der Waals surface area contributed by atoms with Gasteiger partial charge in [-0.3, -0.25) is 4.57 Å². The Morgan fingerprint density at radius 1 is 1.24 bits per heavy atom. The maximum Gasteiger partial charge on any atom is 0.326 e. The minimum absolute atomic E-state index is 0.0548. The van der Waals surface area contributed by atoms with Crippen LogP contribution >= 0.6 is 0 Å². The van der Waals surface area contributed by atoms with E-state index in [0.29, 0.717) is 23.6 Å². The van der Waals surface area contributed by atoms with Crippen LogP contribution < -0.4 is 5.69 Å². The number of benzene rings is 1. The lowest BCUT2D eigenvalue weighted by Crippen LogP contribution is -2.20. The fraction of sp³-hybridized carbons (Fsp3) is 0.294. The Balaban J connectivity index is 1.56. The molecular formula is C17H16N6O2. The fourth-order valence-corrected chi connectivity index (χ4v) is 3.61. The molecule has 0 unspecified atom stereocenters. The Bertz CT molecular complexity index is 1080. The number of hydrogen-bond acceptors (Lipinski definition) is 5. The quantitative estimate of drug-likeness (QED) is 0.598. The standard InChI is InChI=1S/C17H16N6O2/c24-17-20-12-9-10(5-6-13(12)23(17)11-3-1-2-4-11)16-21-15(22-25-16)14-18-7-8-19-14/h5-9,11H,1-4H2,(H,18,19)(H,20,24). The first kappa shape index (κ1) is 14.2. The first-order valence-corrected chi connectivity index (χ1v) is 8.38. The van der Waals surface area contributed by atoms with Crippen molar-refractivity contribution in [2.45, 2.75) is 31.7 Å². The van der Waals surface area contributed by atoms with Crippen LogP contribution in [0, 0.1) is 0 Å². The molecule has 8 nitrogen and oxygen atoms in total. The van der Waals surface area contributed by atoms with Gasteiger partial charge in [-0.05, 0) is 31.0 Å². The molecule has 0 amide bonds. The monoisotopic (exact) mass is 336 g/mol. The van der Waals surface area contributed by atoms with Gasteiger partial charge in [-0.1, -0.05) is 18.0 Å². The first-order valence-electron chi connectivity index (χ1n) is 8.38. The lowest BCUT2D eigenvalue weighted by Gasteiger charge is -2.10. The van der Waals surface area contributed by atoms with Crippen molar-refractivity contribution in [2.75, 3.05) is 0 Å². The zero-order chi connectivity index (χ0) is 16.8. The van der Waals surface area contributed by atoms with Crippen LogP contribution in [0.25, 0.3) is 34.1 Å². The number of aromatic nitrogens is 6. The molecule has 0 bridgehead atoms. The van der Waals surface area contributed by atoms with Crippen LogP contribution in [0.1, 0.15) is 31.7 Å². The Labute approximate surface area is 141 Å². The first-order chi connectivity index (χ1) is 12.3. The van der Waals surface area contributed by atoms with E-state index in [0.717, 1.165) is 29.4 Å². The molecule has 0 aliphatic heterocycles. The molecule has 4 aromatic rings. The Hall–Kier alpha value is -3.16. The fourth-order valence-electron chi connectivity index (χ4n) is 3.61. The second-order valence-electron chi connectivity index (χ2n) is 6.33. The summed E-state index contributed by atoms with van der Waals surface area (Å²) in [5.41, 5.74) is 2.41. The normalized spacial score (nSPS) is 15.4. The molecule has 1 aliphatic rings. The van der Waals surface area contributed by atoms with Crippen LogP contribution in [0.15, 0.2) is 39.9 Å². The average molecular weight is 336 g/mol. The molecule has 126 valence electrons. The van der Waals surface area contributed by atoms with Crippen LogP contribution in [0.5, 0.6) is 0 Å². The largest absolute Gasteiger partial charge is 0.342 e. The number of imidazole rings is 2. The minimum atomic E-state index is -0.0548. The third kappa shape index (κ3) is 2.29. The van der Waals surface area contributed by atoms with Gasteiger partial charge in [-0.25, -0.2) is 9.78 Å². The molecule has 8 heteroatoms. The molecule has 3 heterocycles. The van der Waals surface area contributed by atoms with Crippen molar-refractivity contribution >= 4 is 11.0 Å². The molecule has 1 aliphatic carbocycles. The zero-order valence-electron chi connectivity index (χ0n) is 13.4. The Morgan fingerprint density at radius 3 is 2.92 bits per heavy atom. The highest BCUT2D eigenvalue weighted by Crippen LogP contribution is 2.31. The number of fused-ring (bicyclic) bond motifs is 1. The van der Waals surface area contributed by atoms with Crippen LogP contribution in [0.2, 0.25) is 0 Å². The Morgan fingerprint density at radius 2 is 2.12 bits per heavy atom. The highest BCUT2D eigenvalue weighted by molar-refractivity contribution is 5.80. The average Bonchev–Trinajstić information content (AvgIpc) is 3.38. The van der Waals surface area contributed by atoms with E-state index in [2.05, 4.69) is 25.1 Å². The molecule has 0 radical (unpaired) electrons. The number of aromatic amines is 2. The van der Waals surface area contributed by atoms with Gasteiger partial charge in [0.05, 0.1) is 11.0 Å². The molecule has 1 fully saturated rings. The summed E-state index contributed by atoms with van der Waals surface area (Å²) >= 11 is 0. The van der Waals surface area contributed by atoms with Crippen LogP contribution in [-0.2, 0) is 0 Å². The van der Waals surface area contributed by atoms with Gasteiger partial charge in [-0.2, -0.15) is 4.98 Å². The van der Waals surface area contributed by atoms with Gasteiger partial charge in [0.2, 0.25) is 5.82 Å². The third-order valence-corrected chi connectivity index (χ3v) is 4.79. The van der Waals surface area contributed by atoms with E-state index in [1.807, 2.05) is 22.8 Å². The van der Waals surface area contributed by atoms with Crippen LogP contribution in [0.3, 0.4) is 0 Å². The minimum Gasteiger partial charge on any atom is -0.342 e. The summed E-state index contributed by atoms with van der Waals surface area (Å²) in [4.78, 5) is 26.7. The number of nitrogens with zero attached hydrogens (tertiary/aromatic N) is 4. The van der Waals surface area contributed by atoms with E-state index in [1.54, 1.807) is 12.4 Å². The number of hydrogen-bond donors (Lipinski definition) is 2. The third-order valence-electron chi connectivity index (χ3n) is 4.79. The van der Waals surface area contributed by atoms with Crippen LogP contribution in [-0.4, -0.2) is 29.7 Å². The summed E-state index contributed by atoms with van der Waals surface area (Å²) in [6.07, 6.45) is 7.82. The van der Waals surface area contributed by atoms with E-state index in [-0.39, 0.29) is 5.69 Å². The van der Waals surface area contributed by atoms with E-state index < -0.39 is 0 Å². The Kier molecular flexibility index (Phi) is 3.09. The van der Waals surface area contributed by atoms with Gasteiger partial charge in [-0.15, -0.1) is 0 Å². The van der Waals surface area contributed by atoms with E-state index in [9.17, 15) is 4.79 Å². The van der Waals surface area contributed by atoms with E-state index >= 15 is 0 Å². The van der Waals surface area contributed by atoms with Crippen molar-refractivity contribution in [2.24, 2.45) is 0 Å². The molecule has 0 saturated heterocycles. The highest BCUT2D eigenvalue weighted by Gasteiger charge is 2.21. The molecule has 1 aromatic carbocycles. The van der Waals surface area contributed by atoms with Gasteiger partial charge in [0.1, 0.15) is 0 Å². The predicted octanol–water partition coefficient (Wildman–Crippen LogP) is 2.88. The zero-order valence-corrected chi connectivity index (χ0v) is 13.4. The molecule has 2 N–H and O–H groups in total. The van der Waals surface area contributed by atoms with Crippen LogP contribution in [0.4, 0.5) is 0 Å². The molecule has 3 aromatic heterocycles. The van der Waals surface area contributed by atoms with E-state index in [4.69, 9.17) is 4.52 Å². The predicted molar refractivity (Wildman–Crippen MR) is 90.9 cm³/mol. The summed E-state index contributed by atoms with van der Waals surface area (Å²) < 4.78 is 7.22. The lowest BCUT2D eigenvalue weighted by atomic mass is 10.2. The summed E-state index contributed by atoms with van der Waals surface area (Å²) in [5, 5.41) is 3.94. The van der Waals surface area contributed by atoms with Gasteiger partial charge < -0.3 is 14.5 Å². The highest BCUT2D eigenvalue weighted by atomic mass is 16.5. The van der Waals surface area contributed by atoms with Crippen molar-refractivity contribution in [3.63, 3.8) is 0 Å². The number of H-pyrrole nitrogens is 2.